The third-order valence-electron chi connectivity index (χ3n) is 4.46. The monoisotopic (exact) mass is 355 g/mol. The van der Waals surface area contributed by atoms with Crippen LogP contribution >= 0.6 is 0 Å². The Bertz CT molecular complexity index is 790. The van der Waals surface area contributed by atoms with E-state index in [-0.39, 0.29) is 12.4 Å². The van der Waals surface area contributed by atoms with Crippen molar-refractivity contribution in [3.05, 3.63) is 70.5 Å². The molecule has 4 heteroatoms. The molecule has 0 radical (unpaired) electrons. The average molecular weight is 355 g/mol. The quantitative estimate of drug-likeness (QED) is 0.749. The molecule has 1 atom stereocenters. The fourth-order valence-electron chi connectivity index (χ4n) is 3.16. The lowest BCUT2D eigenvalue weighted by atomic mass is 9.80. The first kappa shape index (κ1) is 20.1. The van der Waals surface area contributed by atoms with Crippen LogP contribution in [0.1, 0.15) is 42.0 Å². The van der Waals surface area contributed by atoms with Gasteiger partial charge in [-0.05, 0) is 81.4 Å². The molecule has 0 aliphatic carbocycles. The zero-order chi connectivity index (χ0) is 19.2. The number of halogens is 1. The molecule has 0 bridgehead atoms. The molecular weight excluding hydrogens is 329 g/mol. The molecule has 0 aromatic heterocycles. The van der Waals surface area contributed by atoms with Crippen LogP contribution in [0.5, 0.6) is 0 Å². The minimum absolute atomic E-state index is 0.203. The molecule has 2 aromatic carbocycles. The number of aliphatic hydroxyl groups excluding tert-OH is 1. The summed E-state index contributed by atoms with van der Waals surface area (Å²) in [6.45, 7) is 2.37. The molecule has 0 saturated heterocycles. The molecule has 2 N–H and O–H groups in total. The Labute approximate surface area is 155 Å². The number of hydrogen-bond acceptors (Lipinski definition) is 3. The SMILES string of the molecule is CC#Cc1ccc(C(O)(CCCN(C)C)c2ccc(F)cc2)c(CO)c1. The highest BCUT2D eigenvalue weighted by molar-refractivity contribution is 5.46. The zero-order valence-corrected chi connectivity index (χ0v) is 15.6. The molecule has 2 rings (SSSR count). The highest BCUT2D eigenvalue weighted by Crippen LogP contribution is 2.36. The van der Waals surface area contributed by atoms with Crippen LogP contribution in [0.4, 0.5) is 4.39 Å². The molecule has 2 aromatic rings. The van der Waals surface area contributed by atoms with Crippen molar-refractivity contribution < 1.29 is 14.6 Å². The summed E-state index contributed by atoms with van der Waals surface area (Å²) in [7, 11) is 3.96. The van der Waals surface area contributed by atoms with Gasteiger partial charge >= 0.3 is 0 Å². The Kier molecular flexibility index (Phi) is 6.93. The third kappa shape index (κ3) is 4.70. The molecule has 26 heavy (non-hydrogen) atoms. The summed E-state index contributed by atoms with van der Waals surface area (Å²) in [6, 6.07) is 11.4. The van der Waals surface area contributed by atoms with Crippen LogP contribution in [0.15, 0.2) is 42.5 Å². The van der Waals surface area contributed by atoms with E-state index >= 15 is 0 Å². The predicted octanol–water partition coefficient (Wildman–Crippen LogP) is 3.27. The van der Waals surface area contributed by atoms with Gasteiger partial charge in [-0.2, -0.15) is 0 Å². The molecule has 3 nitrogen and oxygen atoms in total. The van der Waals surface area contributed by atoms with Crippen molar-refractivity contribution in [2.45, 2.75) is 32.0 Å². The largest absolute Gasteiger partial charge is 0.392 e. The van der Waals surface area contributed by atoms with E-state index in [0.717, 1.165) is 18.5 Å². The highest BCUT2D eigenvalue weighted by atomic mass is 19.1. The van der Waals surface area contributed by atoms with Crippen LogP contribution in [-0.2, 0) is 12.2 Å². The maximum absolute atomic E-state index is 13.4. The summed E-state index contributed by atoms with van der Waals surface area (Å²) in [5, 5.41) is 21.5. The van der Waals surface area contributed by atoms with Crippen LogP contribution in [0, 0.1) is 17.7 Å². The molecule has 0 aliphatic rings. The average Bonchev–Trinajstić information content (AvgIpc) is 2.62. The first-order valence-corrected chi connectivity index (χ1v) is 8.71. The Balaban J connectivity index is 2.51. The second-order valence-corrected chi connectivity index (χ2v) is 6.68. The van der Waals surface area contributed by atoms with E-state index < -0.39 is 5.60 Å². The number of nitrogens with zero attached hydrogens (tertiary/aromatic N) is 1. The number of rotatable bonds is 7. The van der Waals surface area contributed by atoms with Crippen LogP contribution in [0.2, 0.25) is 0 Å². The van der Waals surface area contributed by atoms with Crippen molar-refractivity contribution in [1.82, 2.24) is 4.90 Å². The lowest BCUT2D eigenvalue weighted by molar-refractivity contribution is 0.0641. The van der Waals surface area contributed by atoms with Gasteiger partial charge in [0.05, 0.1) is 6.61 Å². The maximum atomic E-state index is 13.4. The standard InChI is InChI=1S/C22H26FNO2/c1-4-6-17-7-12-21(18(15-17)16-25)22(26,13-5-14-24(2)3)19-8-10-20(23)11-9-19/h7-12,15,25-26H,5,13-14,16H2,1-3H3. The Morgan fingerprint density at radius 1 is 1.12 bits per heavy atom. The van der Waals surface area contributed by atoms with Gasteiger partial charge < -0.3 is 15.1 Å². The topological polar surface area (TPSA) is 43.7 Å². The molecule has 0 fully saturated rings. The van der Waals surface area contributed by atoms with Crippen molar-refractivity contribution in [2.75, 3.05) is 20.6 Å². The summed E-state index contributed by atoms with van der Waals surface area (Å²) >= 11 is 0. The molecule has 0 aliphatic heterocycles. The molecular formula is C22H26FNO2. The fourth-order valence-corrected chi connectivity index (χ4v) is 3.16. The summed E-state index contributed by atoms with van der Waals surface area (Å²) in [6.07, 6.45) is 1.21. The van der Waals surface area contributed by atoms with Gasteiger partial charge in [0, 0.05) is 5.56 Å². The predicted molar refractivity (Wildman–Crippen MR) is 102 cm³/mol. The zero-order valence-electron chi connectivity index (χ0n) is 15.6. The van der Waals surface area contributed by atoms with Gasteiger partial charge in [-0.1, -0.05) is 24.1 Å². The van der Waals surface area contributed by atoms with Crippen molar-refractivity contribution in [1.29, 1.82) is 0 Å². The normalized spacial score (nSPS) is 13.2. The summed E-state index contributed by atoms with van der Waals surface area (Å²) in [5.74, 6) is 5.46. The van der Waals surface area contributed by atoms with Gasteiger partial charge in [-0.3, -0.25) is 0 Å². The maximum Gasteiger partial charge on any atom is 0.123 e. The first-order valence-electron chi connectivity index (χ1n) is 8.71. The molecule has 0 spiro atoms. The van der Waals surface area contributed by atoms with E-state index in [2.05, 4.69) is 16.7 Å². The minimum atomic E-state index is -1.31. The second-order valence-electron chi connectivity index (χ2n) is 6.68. The van der Waals surface area contributed by atoms with E-state index in [9.17, 15) is 14.6 Å². The molecule has 138 valence electrons. The Morgan fingerprint density at radius 2 is 1.81 bits per heavy atom. The fraction of sp³-hybridized carbons (Fsp3) is 0.364. The van der Waals surface area contributed by atoms with E-state index in [4.69, 9.17) is 0 Å². The summed E-state index contributed by atoms with van der Waals surface area (Å²) < 4.78 is 13.4. The highest BCUT2D eigenvalue weighted by Gasteiger charge is 2.33. The summed E-state index contributed by atoms with van der Waals surface area (Å²) in [4.78, 5) is 2.05. The Morgan fingerprint density at radius 3 is 2.38 bits per heavy atom. The second kappa shape index (κ2) is 8.95. The van der Waals surface area contributed by atoms with Crippen LogP contribution in [0.3, 0.4) is 0 Å². The van der Waals surface area contributed by atoms with Gasteiger partial charge in [-0.15, -0.1) is 5.92 Å². The van der Waals surface area contributed by atoms with Crippen molar-refractivity contribution in [2.24, 2.45) is 0 Å². The first-order chi connectivity index (χ1) is 12.4. The molecule has 0 heterocycles. The minimum Gasteiger partial charge on any atom is -0.392 e. The number of hydrogen-bond donors (Lipinski definition) is 2. The number of benzene rings is 2. The molecule has 1 unspecified atom stereocenters. The van der Waals surface area contributed by atoms with E-state index in [1.165, 1.54) is 12.1 Å². The van der Waals surface area contributed by atoms with Crippen molar-refractivity contribution >= 4 is 0 Å². The van der Waals surface area contributed by atoms with Gasteiger partial charge in [0.25, 0.3) is 0 Å². The van der Waals surface area contributed by atoms with Gasteiger partial charge in [0.15, 0.2) is 0 Å². The van der Waals surface area contributed by atoms with E-state index in [1.807, 2.05) is 26.2 Å². The van der Waals surface area contributed by atoms with Gasteiger partial charge in [-0.25, -0.2) is 4.39 Å². The third-order valence-corrected chi connectivity index (χ3v) is 4.46. The van der Waals surface area contributed by atoms with Crippen molar-refractivity contribution in [3.8, 4) is 11.8 Å². The van der Waals surface area contributed by atoms with E-state index in [1.54, 1.807) is 25.1 Å². The smallest absolute Gasteiger partial charge is 0.123 e. The van der Waals surface area contributed by atoms with Crippen molar-refractivity contribution in [3.63, 3.8) is 0 Å². The molecule has 0 saturated carbocycles. The van der Waals surface area contributed by atoms with Crippen LogP contribution in [0.25, 0.3) is 0 Å². The lowest BCUT2D eigenvalue weighted by Gasteiger charge is -2.32. The van der Waals surface area contributed by atoms with Gasteiger partial charge in [0.1, 0.15) is 11.4 Å². The van der Waals surface area contributed by atoms with Crippen LogP contribution in [-0.4, -0.2) is 35.8 Å². The number of aliphatic hydroxyl groups is 2. The van der Waals surface area contributed by atoms with E-state index in [0.29, 0.717) is 23.1 Å². The Hall–Kier alpha value is -2.19. The van der Waals surface area contributed by atoms with Crippen LogP contribution < -0.4 is 0 Å². The summed E-state index contributed by atoms with van der Waals surface area (Å²) in [5.41, 5.74) is 1.35. The molecule has 0 amide bonds. The van der Waals surface area contributed by atoms with Gasteiger partial charge in [0.2, 0.25) is 0 Å². The lowest BCUT2D eigenvalue weighted by Crippen LogP contribution is -2.30.